The highest BCUT2D eigenvalue weighted by Crippen LogP contribution is 2.33. The van der Waals surface area contributed by atoms with Crippen LogP contribution in [0.15, 0.2) is 84.5 Å². The predicted octanol–water partition coefficient (Wildman–Crippen LogP) is 4.76. The standard InChI is InChI=1S/C25H17F3N8O/c26-25(27,28)21-11-20(17-5-3-9-30-13-17)35-36(21)23-7-6-22(33-34-23)32-24(37)19-10-18(14-31-15-19)16-4-1-2-8-29-12-16/h2-15H,1H2,(H,32,33,37). The lowest BCUT2D eigenvalue weighted by Crippen LogP contribution is -2.16. The van der Waals surface area contributed by atoms with Crippen LogP contribution in [0, 0.1) is 0 Å². The number of carbonyl (C=O) groups is 1. The monoisotopic (exact) mass is 502 g/mol. The molecule has 0 spiro atoms. The molecule has 0 unspecified atom stereocenters. The number of nitrogens with zero attached hydrogens (tertiary/aromatic N) is 7. The van der Waals surface area contributed by atoms with E-state index in [1.54, 1.807) is 36.8 Å². The molecule has 0 saturated heterocycles. The highest BCUT2D eigenvalue weighted by molar-refractivity contribution is 6.11. The van der Waals surface area contributed by atoms with Gasteiger partial charge in [0.1, 0.15) is 0 Å². The van der Waals surface area contributed by atoms with Crippen molar-refractivity contribution in [1.29, 1.82) is 0 Å². The summed E-state index contributed by atoms with van der Waals surface area (Å²) in [7, 11) is 0. The van der Waals surface area contributed by atoms with Gasteiger partial charge in [0, 0.05) is 48.3 Å². The van der Waals surface area contributed by atoms with Crippen molar-refractivity contribution < 1.29 is 18.0 Å². The first-order valence-corrected chi connectivity index (χ1v) is 11.0. The van der Waals surface area contributed by atoms with E-state index in [0.29, 0.717) is 22.2 Å². The Morgan fingerprint density at radius 1 is 1.00 bits per heavy atom. The molecule has 184 valence electrons. The van der Waals surface area contributed by atoms with Crippen LogP contribution in [0.5, 0.6) is 0 Å². The Morgan fingerprint density at radius 3 is 2.62 bits per heavy atom. The number of rotatable bonds is 5. The summed E-state index contributed by atoms with van der Waals surface area (Å²) in [5.74, 6) is -0.626. The Labute approximate surface area is 208 Å². The molecular weight excluding hydrogens is 485 g/mol. The number of alkyl halides is 3. The van der Waals surface area contributed by atoms with E-state index in [9.17, 15) is 18.0 Å². The fourth-order valence-corrected chi connectivity index (χ4v) is 3.51. The molecule has 0 aromatic carbocycles. The number of hydrogen-bond acceptors (Lipinski definition) is 7. The van der Waals surface area contributed by atoms with Crippen LogP contribution in [-0.2, 0) is 6.18 Å². The quantitative estimate of drug-likeness (QED) is 0.421. The second-order valence-corrected chi connectivity index (χ2v) is 7.82. The summed E-state index contributed by atoms with van der Waals surface area (Å²) in [6.07, 6.45) is 9.18. The highest BCUT2D eigenvalue weighted by atomic mass is 19.4. The van der Waals surface area contributed by atoms with Crippen molar-refractivity contribution in [3.63, 3.8) is 0 Å². The van der Waals surface area contributed by atoms with Gasteiger partial charge in [0.15, 0.2) is 17.3 Å². The second kappa shape index (κ2) is 9.93. The number of aromatic nitrogens is 6. The predicted molar refractivity (Wildman–Crippen MR) is 130 cm³/mol. The van der Waals surface area contributed by atoms with E-state index in [1.165, 1.54) is 30.7 Å². The number of anilines is 1. The maximum atomic E-state index is 13.7. The lowest BCUT2D eigenvalue weighted by atomic mass is 10.1. The van der Waals surface area contributed by atoms with E-state index in [1.807, 2.05) is 12.2 Å². The summed E-state index contributed by atoms with van der Waals surface area (Å²) in [6, 6.07) is 8.40. The van der Waals surface area contributed by atoms with Gasteiger partial charge in [0.25, 0.3) is 5.91 Å². The SMILES string of the molecule is O=C(Nc1ccc(-n2nc(-c3cccnc3)cc2C(F)(F)F)nn1)c1cncc(C2=CCC=CN=C2)c1. The van der Waals surface area contributed by atoms with Crippen LogP contribution in [0.2, 0.25) is 0 Å². The molecule has 0 aliphatic carbocycles. The summed E-state index contributed by atoms with van der Waals surface area (Å²) in [5, 5.41) is 14.3. The van der Waals surface area contributed by atoms with Crippen molar-refractivity contribution in [2.45, 2.75) is 12.6 Å². The molecule has 0 radical (unpaired) electrons. The van der Waals surface area contributed by atoms with Gasteiger partial charge in [-0.1, -0.05) is 12.2 Å². The number of carbonyl (C=O) groups excluding carboxylic acids is 1. The van der Waals surface area contributed by atoms with Crippen LogP contribution < -0.4 is 5.32 Å². The van der Waals surface area contributed by atoms with Crippen molar-refractivity contribution in [2.24, 2.45) is 4.99 Å². The van der Waals surface area contributed by atoms with Gasteiger partial charge in [-0.25, -0.2) is 4.68 Å². The van der Waals surface area contributed by atoms with Crippen LogP contribution in [0.4, 0.5) is 19.0 Å². The third-order valence-electron chi connectivity index (χ3n) is 5.28. The van der Waals surface area contributed by atoms with E-state index in [4.69, 9.17) is 0 Å². The van der Waals surface area contributed by atoms with Crippen LogP contribution in [0.1, 0.15) is 28.0 Å². The number of hydrogen-bond donors (Lipinski definition) is 1. The topological polar surface area (TPSA) is 111 Å². The summed E-state index contributed by atoms with van der Waals surface area (Å²) in [5.41, 5.74) is 1.28. The summed E-state index contributed by atoms with van der Waals surface area (Å²) in [4.78, 5) is 24.9. The molecule has 37 heavy (non-hydrogen) atoms. The van der Waals surface area contributed by atoms with Crippen molar-refractivity contribution in [2.75, 3.05) is 5.32 Å². The fourth-order valence-electron chi connectivity index (χ4n) is 3.51. The van der Waals surface area contributed by atoms with Crippen molar-refractivity contribution in [3.8, 4) is 17.1 Å². The van der Waals surface area contributed by atoms with Crippen LogP contribution in [0.25, 0.3) is 22.6 Å². The molecule has 9 nitrogen and oxygen atoms in total. The second-order valence-electron chi connectivity index (χ2n) is 7.82. The van der Waals surface area contributed by atoms with Gasteiger partial charge in [0.2, 0.25) is 0 Å². The number of allylic oxidation sites excluding steroid dienone is 3. The molecule has 1 amide bonds. The van der Waals surface area contributed by atoms with Gasteiger partial charge in [-0.05, 0) is 48.4 Å². The first kappa shape index (κ1) is 23.7. The molecule has 4 aromatic heterocycles. The molecule has 4 aromatic rings. The third-order valence-corrected chi connectivity index (χ3v) is 5.28. The van der Waals surface area contributed by atoms with E-state index < -0.39 is 17.8 Å². The van der Waals surface area contributed by atoms with Crippen LogP contribution in [-0.4, -0.2) is 42.1 Å². The molecule has 0 bridgehead atoms. The number of aliphatic imine (C=N–C) groups is 1. The minimum atomic E-state index is -4.69. The zero-order valence-corrected chi connectivity index (χ0v) is 19.0. The lowest BCUT2D eigenvalue weighted by molar-refractivity contribution is -0.142. The Balaban J connectivity index is 1.37. The normalized spacial score (nSPS) is 13.2. The highest BCUT2D eigenvalue weighted by Gasteiger charge is 2.37. The zero-order valence-electron chi connectivity index (χ0n) is 19.0. The smallest absolute Gasteiger partial charge is 0.305 e. The van der Waals surface area contributed by atoms with Crippen LogP contribution >= 0.6 is 0 Å². The first-order valence-electron chi connectivity index (χ1n) is 11.0. The molecule has 0 atom stereocenters. The van der Waals surface area contributed by atoms with Crippen molar-refractivity contribution in [3.05, 3.63) is 96.4 Å². The van der Waals surface area contributed by atoms with Crippen LogP contribution in [0.3, 0.4) is 0 Å². The molecule has 0 fully saturated rings. The Kier molecular flexibility index (Phi) is 6.37. The zero-order chi connectivity index (χ0) is 25.8. The summed E-state index contributed by atoms with van der Waals surface area (Å²) < 4.78 is 41.7. The Bertz CT molecular complexity index is 1520. The lowest BCUT2D eigenvalue weighted by Gasteiger charge is -2.10. The molecule has 1 aliphatic heterocycles. The molecule has 5 heterocycles. The first-order chi connectivity index (χ1) is 17.9. The Hall–Kier alpha value is -5.00. The number of halogens is 3. The molecule has 5 rings (SSSR count). The van der Waals surface area contributed by atoms with Gasteiger partial charge < -0.3 is 5.32 Å². The van der Waals surface area contributed by atoms with Gasteiger partial charge >= 0.3 is 6.18 Å². The summed E-state index contributed by atoms with van der Waals surface area (Å²) in [6.45, 7) is 0. The Morgan fingerprint density at radius 2 is 1.86 bits per heavy atom. The van der Waals surface area contributed by atoms with Gasteiger partial charge in [-0.2, -0.15) is 18.3 Å². The maximum absolute atomic E-state index is 13.7. The molecule has 0 saturated carbocycles. The minimum Gasteiger partial charge on any atom is -0.305 e. The average Bonchev–Trinajstić information content (AvgIpc) is 3.19. The van der Waals surface area contributed by atoms with Crippen molar-refractivity contribution >= 4 is 23.5 Å². The maximum Gasteiger partial charge on any atom is 0.433 e. The van der Waals surface area contributed by atoms with E-state index in [-0.39, 0.29) is 22.9 Å². The number of amides is 1. The largest absolute Gasteiger partial charge is 0.433 e. The number of nitrogens with one attached hydrogen (secondary N) is 1. The fraction of sp³-hybridized carbons (Fsp3) is 0.0800. The average molecular weight is 502 g/mol. The van der Waals surface area contributed by atoms with Gasteiger partial charge in [-0.3, -0.25) is 19.8 Å². The summed E-state index contributed by atoms with van der Waals surface area (Å²) >= 11 is 0. The minimum absolute atomic E-state index is 0.0480. The van der Waals surface area contributed by atoms with Gasteiger partial charge in [-0.15, -0.1) is 10.2 Å². The van der Waals surface area contributed by atoms with Gasteiger partial charge in [0.05, 0.1) is 11.3 Å². The molecule has 12 heteroatoms. The molecule has 1 aliphatic rings. The number of pyridine rings is 2. The molecule has 1 N–H and O–H groups in total. The van der Waals surface area contributed by atoms with Crippen molar-refractivity contribution in [1.82, 2.24) is 29.9 Å². The molecular formula is C25H17F3N8O. The van der Waals surface area contributed by atoms with E-state index in [2.05, 4.69) is 35.6 Å². The third kappa shape index (κ3) is 5.32. The van der Waals surface area contributed by atoms with E-state index in [0.717, 1.165) is 11.6 Å². The van der Waals surface area contributed by atoms with E-state index >= 15 is 0 Å².